The van der Waals surface area contributed by atoms with Gasteiger partial charge in [0.2, 0.25) is 0 Å². The van der Waals surface area contributed by atoms with Gasteiger partial charge in [0.05, 0.1) is 19.9 Å². The quantitative estimate of drug-likeness (QED) is 0.452. The number of phenols is 1. The first kappa shape index (κ1) is 11.2. The molecule has 0 saturated carbocycles. The molecule has 0 atom stereocenters. The summed E-state index contributed by atoms with van der Waals surface area (Å²) < 4.78 is 9.98. The minimum absolute atomic E-state index is 0.0754. The van der Waals surface area contributed by atoms with Gasteiger partial charge in [-0.1, -0.05) is 5.16 Å². The maximum Gasteiger partial charge on any atom is 0.167 e. The second-order valence-corrected chi connectivity index (χ2v) is 2.91. The third kappa shape index (κ3) is 2.12. The van der Waals surface area contributed by atoms with Crippen molar-refractivity contribution >= 4 is 5.71 Å². The van der Waals surface area contributed by atoms with Crippen molar-refractivity contribution in [2.45, 2.75) is 6.92 Å². The first-order valence-corrected chi connectivity index (χ1v) is 4.28. The molecule has 0 aromatic heterocycles. The van der Waals surface area contributed by atoms with E-state index in [0.29, 0.717) is 11.3 Å². The third-order valence-electron chi connectivity index (χ3n) is 2.04. The van der Waals surface area contributed by atoms with Crippen molar-refractivity contribution in [2.24, 2.45) is 5.16 Å². The Hall–Kier alpha value is -1.91. The molecule has 15 heavy (non-hydrogen) atoms. The molecule has 0 bridgehead atoms. The van der Waals surface area contributed by atoms with E-state index in [-0.39, 0.29) is 17.2 Å². The number of hydrogen-bond donors (Lipinski definition) is 2. The van der Waals surface area contributed by atoms with E-state index < -0.39 is 0 Å². The van der Waals surface area contributed by atoms with E-state index in [9.17, 15) is 5.11 Å². The smallest absolute Gasteiger partial charge is 0.167 e. The Labute approximate surface area is 87.6 Å². The van der Waals surface area contributed by atoms with Crippen LogP contribution < -0.4 is 9.47 Å². The average molecular weight is 211 g/mol. The number of methoxy groups -OCH3 is 2. The summed E-state index contributed by atoms with van der Waals surface area (Å²) in [7, 11) is 2.94. The molecular weight excluding hydrogens is 198 g/mol. The normalized spacial score (nSPS) is 11.3. The van der Waals surface area contributed by atoms with Gasteiger partial charge in [-0.2, -0.15) is 0 Å². The summed E-state index contributed by atoms with van der Waals surface area (Å²) in [6, 6.07) is 3.11. The maximum atomic E-state index is 9.74. The van der Waals surface area contributed by atoms with E-state index >= 15 is 0 Å². The molecule has 0 heterocycles. The molecule has 0 aliphatic heterocycles. The Morgan fingerprint density at radius 1 is 1.27 bits per heavy atom. The molecule has 0 fully saturated rings. The van der Waals surface area contributed by atoms with E-state index in [1.54, 1.807) is 19.1 Å². The van der Waals surface area contributed by atoms with Crippen molar-refractivity contribution in [3.63, 3.8) is 0 Å². The molecule has 1 aromatic rings. The van der Waals surface area contributed by atoms with E-state index in [1.165, 1.54) is 14.2 Å². The lowest BCUT2D eigenvalue weighted by molar-refractivity contribution is 0.318. The lowest BCUT2D eigenvalue weighted by Crippen LogP contribution is -1.98. The van der Waals surface area contributed by atoms with E-state index in [0.717, 1.165) is 0 Å². The van der Waals surface area contributed by atoms with Gasteiger partial charge in [0.25, 0.3) is 0 Å². The van der Waals surface area contributed by atoms with Crippen LogP contribution in [0.15, 0.2) is 17.3 Å². The van der Waals surface area contributed by atoms with E-state index in [1.807, 2.05) is 0 Å². The number of oxime groups is 1. The van der Waals surface area contributed by atoms with Gasteiger partial charge in [-0.15, -0.1) is 0 Å². The average Bonchev–Trinajstić information content (AvgIpc) is 2.28. The Balaban J connectivity index is 3.37. The largest absolute Gasteiger partial charge is 0.504 e. The zero-order valence-corrected chi connectivity index (χ0v) is 8.81. The SMILES string of the molecule is COc1cc(OC)c(O)c(/C(C)=N/O)c1. The van der Waals surface area contributed by atoms with Crippen molar-refractivity contribution < 1.29 is 19.8 Å². The topological polar surface area (TPSA) is 71.3 Å². The molecule has 0 amide bonds. The van der Waals surface area contributed by atoms with Crippen LogP contribution in [0.25, 0.3) is 0 Å². The van der Waals surface area contributed by atoms with Crippen LogP contribution in [0.5, 0.6) is 17.2 Å². The summed E-state index contributed by atoms with van der Waals surface area (Å²) in [6.45, 7) is 1.56. The summed E-state index contributed by atoms with van der Waals surface area (Å²) in [5.41, 5.74) is 0.651. The van der Waals surface area contributed by atoms with Crippen LogP contribution in [0, 0.1) is 0 Å². The number of aromatic hydroxyl groups is 1. The fraction of sp³-hybridized carbons (Fsp3) is 0.300. The van der Waals surface area contributed by atoms with Gasteiger partial charge in [-0.25, -0.2) is 0 Å². The predicted molar refractivity (Wildman–Crippen MR) is 55.2 cm³/mol. The Morgan fingerprint density at radius 3 is 2.40 bits per heavy atom. The van der Waals surface area contributed by atoms with Crippen molar-refractivity contribution in [1.82, 2.24) is 0 Å². The summed E-state index contributed by atoms with van der Waals surface area (Å²) in [6.07, 6.45) is 0. The van der Waals surface area contributed by atoms with E-state index in [4.69, 9.17) is 14.7 Å². The highest BCUT2D eigenvalue weighted by molar-refractivity contribution is 6.01. The van der Waals surface area contributed by atoms with Crippen LogP contribution in [0.2, 0.25) is 0 Å². The summed E-state index contributed by atoms with van der Waals surface area (Å²) in [5.74, 6) is 0.712. The fourth-order valence-corrected chi connectivity index (χ4v) is 1.19. The van der Waals surface area contributed by atoms with Gasteiger partial charge in [0, 0.05) is 11.6 Å². The van der Waals surface area contributed by atoms with Crippen LogP contribution in [-0.4, -0.2) is 30.2 Å². The molecule has 0 aliphatic rings. The molecule has 82 valence electrons. The lowest BCUT2D eigenvalue weighted by atomic mass is 10.1. The first-order chi connectivity index (χ1) is 7.13. The van der Waals surface area contributed by atoms with Crippen LogP contribution in [-0.2, 0) is 0 Å². The molecule has 0 radical (unpaired) electrons. The highest BCUT2D eigenvalue weighted by Crippen LogP contribution is 2.34. The van der Waals surface area contributed by atoms with Crippen LogP contribution in [0.3, 0.4) is 0 Å². The van der Waals surface area contributed by atoms with E-state index in [2.05, 4.69) is 5.16 Å². The number of hydrogen-bond acceptors (Lipinski definition) is 5. The molecule has 5 nitrogen and oxygen atoms in total. The van der Waals surface area contributed by atoms with Gasteiger partial charge in [-0.3, -0.25) is 0 Å². The van der Waals surface area contributed by atoms with Gasteiger partial charge in [0.1, 0.15) is 5.75 Å². The second kappa shape index (κ2) is 4.54. The zero-order valence-electron chi connectivity index (χ0n) is 8.81. The Bertz CT molecular complexity index is 387. The van der Waals surface area contributed by atoms with Gasteiger partial charge in [-0.05, 0) is 13.0 Å². The van der Waals surface area contributed by atoms with Crippen molar-refractivity contribution in [3.05, 3.63) is 17.7 Å². The minimum atomic E-state index is -0.0754. The Morgan fingerprint density at radius 2 is 1.93 bits per heavy atom. The van der Waals surface area contributed by atoms with Crippen molar-refractivity contribution in [1.29, 1.82) is 0 Å². The molecule has 1 aromatic carbocycles. The molecule has 2 N–H and O–H groups in total. The lowest BCUT2D eigenvalue weighted by Gasteiger charge is -2.10. The third-order valence-corrected chi connectivity index (χ3v) is 2.04. The van der Waals surface area contributed by atoms with Gasteiger partial charge >= 0.3 is 0 Å². The number of phenolic OH excluding ortho intramolecular Hbond substituents is 1. The maximum absolute atomic E-state index is 9.74. The molecule has 1 rings (SSSR count). The minimum Gasteiger partial charge on any atom is -0.504 e. The van der Waals surface area contributed by atoms with Gasteiger partial charge < -0.3 is 19.8 Å². The first-order valence-electron chi connectivity index (χ1n) is 4.28. The fourth-order valence-electron chi connectivity index (χ4n) is 1.19. The number of ether oxygens (including phenoxy) is 2. The van der Waals surface area contributed by atoms with Crippen molar-refractivity contribution in [3.8, 4) is 17.2 Å². The number of benzene rings is 1. The second-order valence-electron chi connectivity index (χ2n) is 2.91. The molecule has 0 unspecified atom stereocenters. The molecule has 5 heteroatoms. The summed E-state index contributed by atoms with van der Waals surface area (Å²) in [5, 5.41) is 21.4. The van der Waals surface area contributed by atoms with Crippen LogP contribution in [0.1, 0.15) is 12.5 Å². The molecular formula is C10H13NO4. The molecule has 0 spiro atoms. The summed E-state index contributed by atoms with van der Waals surface area (Å²) >= 11 is 0. The highest BCUT2D eigenvalue weighted by Gasteiger charge is 2.13. The summed E-state index contributed by atoms with van der Waals surface area (Å²) in [4.78, 5) is 0. The number of nitrogens with zero attached hydrogens (tertiary/aromatic N) is 1. The standard InChI is InChI=1S/C10H13NO4/c1-6(11-13)8-4-7(14-2)5-9(15-3)10(8)12/h4-5,12-13H,1-3H3/b11-6+. The number of rotatable bonds is 3. The predicted octanol–water partition coefficient (Wildman–Crippen LogP) is 1.61. The van der Waals surface area contributed by atoms with Crippen LogP contribution in [0.4, 0.5) is 0 Å². The van der Waals surface area contributed by atoms with Crippen molar-refractivity contribution in [2.75, 3.05) is 14.2 Å². The highest BCUT2D eigenvalue weighted by atomic mass is 16.5. The van der Waals surface area contributed by atoms with Crippen LogP contribution >= 0.6 is 0 Å². The monoisotopic (exact) mass is 211 g/mol. The van der Waals surface area contributed by atoms with Gasteiger partial charge in [0.15, 0.2) is 11.5 Å². The molecule has 0 saturated heterocycles. The molecule has 0 aliphatic carbocycles. The zero-order chi connectivity index (χ0) is 11.4. The Kier molecular flexibility index (Phi) is 3.38.